The molecule has 0 aromatic carbocycles. The van der Waals surface area contributed by atoms with Crippen molar-refractivity contribution in [2.45, 2.75) is 25.4 Å². The Morgan fingerprint density at radius 3 is 2.33 bits per heavy atom. The number of aliphatic carboxylic acids is 1. The zero-order chi connectivity index (χ0) is 11.0. The standard InChI is InChI=1S/C11H19NO3/c1-12-5-7-2-9(13)3-8(6-12)10(7)4-11(14)15/h7-10,13H,2-6H2,1H3,(H,14,15). The Kier molecular flexibility index (Phi) is 2.98. The van der Waals surface area contributed by atoms with Gasteiger partial charge in [0.05, 0.1) is 6.10 Å². The summed E-state index contributed by atoms with van der Waals surface area (Å²) >= 11 is 0. The highest BCUT2D eigenvalue weighted by atomic mass is 16.4. The largest absolute Gasteiger partial charge is 0.481 e. The highest BCUT2D eigenvalue weighted by Gasteiger charge is 2.42. The van der Waals surface area contributed by atoms with Crippen LogP contribution in [0.2, 0.25) is 0 Å². The van der Waals surface area contributed by atoms with Crippen LogP contribution in [0.15, 0.2) is 0 Å². The number of hydrogen-bond acceptors (Lipinski definition) is 3. The summed E-state index contributed by atoms with van der Waals surface area (Å²) in [5.41, 5.74) is 0. The molecule has 0 spiro atoms. The van der Waals surface area contributed by atoms with Crippen LogP contribution in [0, 0.1) is 17.8 Å². The first-order valence-corrected chi connectivity index (χ1v) is 5.64. The Hall–Kier alpha value is -0.610. The third-order valence-corrected chi connectivity index (χ3v) is 3.86. The topological polar surface area (TPSA) is 60.8 Å². The van der Waals surface area contributed by atoms with Gasteiger partial charge >= 0.3 is 5.97 Å². The molecule has 4 heteroatoms. The monoisotopic (exact) mass is 213 g/mol. The molecule has 1 aliphatic carbocycles. The second-order valence-electron chi connectivity index (χ2n) is 5.13. The normalized spacial score (nSPS) is 41.5. The van der Waals surface area contributed by atoms with Crippen molar-refractivity contribution < 1.29 is 15.0 Å². The molecule has 1 saturated carbocycles. The number of carboxylic acid groups (broad SMARTS) is 1. The molecule has 0 aromatic rings. The van der Waals surface area contributed by atoms with Gasteiger partial charge in [0, 0.05) is 19.5 Å². The van der Waals surface area contributed by atoms with Crippen molar-refractivity contribution in [3.8, 4) is 0 Å². The maximum absolute atomic E-state index is 10.8. The van der Waals surface area contributed by atoms with E-state index < -0.39 is 5.97 Å². The molecule has 2 aliphatic rings. The van der Waals surface area contributed by atoms with Gasteiger partial charge in [-0.05, 0) is 37.6 Å². The van der Waals surface area contributed by atoms with Crippen LogP contribution in [0.3, 0.4) is 0 Å². The minimum atomic E-state index is -0.698. The van der Waals surface area contributed by atoms with Crippen LogP contribution >= 0.6 is 0 Å². The van der Waals surface area contributed by atoms with Gasteiger partial charge in [-0.2, -0.15) is 0 Å². The summed E-state index contributed by atoms with van der Waals surface area (Å²) in [6.45, 7) is 1.87. The third kappa shape index (κ3) is 2.32. The molecule has 86 valence electrons. The molecule has 2 unspecified atom stereocenters. The van der Waals surface area contributed by atoms with Crippen molar-refractivity contribution in [2.75, 3.05) is 20.1 Å². The van der Waals surface area contributed by atoms with Crippen LogP contribution in [0.25, 0.3) is 0 Å². The van der Waals surface area contributed by atoms with Crippen molar-refractivity contribution in [3.63, 3.8) is 0 Å². The van der Waals surface area contributed by atoms with E-state index in [1.807, 2.05) is 0 Å². The maximum atomic E-state index is 10.8. The molecule has 2 fully saturated rings. The number of likely N-dealkylation sites (tertiary alicyclic amines) is 1. The Morgan fingerprint density at radius 1 is 1.33 bits per heavy atom. The van der Waals surface area contributed by atoms with E-state index in [1.165, 1.54) is 0 Å². The van der Waals surface area contributed by atoms with Gasteiger partial charge in [0.15, 0.2) is 0 Å². The summed E-state index contributed by atoms with van der Waals surface area (Å²) in [5, 5.41) is 18.6. The summed E-state index contributed by atoms with van der Waals surface area (Å²) in [6, 6.07) is 0. The van der Waals surface area contributed by atoms with E-state index >= 15 is 0 Å². The molecule has 15 heavy (non-hydrogen) atoms. The van der Waals surface area contributed by atoms with E-state index in [4.69, 9.17) is 5.11 Å². The molecule has 1 heterocycles. The lowest BCUT2D eigenvalue weighted by molar-refractivity contribution is -0.141. The molecule has 4 nitrogen and oxygen atoms in total. The van der Waals surface area contributed by atoms with Crippen molar-refractivity contribution in [1.29, 1.82) is 0 Å². The summed E-state index contributed by atoms with van der Waals surface area (Å²) in [6.07, 6.45) is 1.62. The predicted octanol–water partition coefficient (Wildman–Crippen LogP) is 0.410. The number of piperidine rings is 1. The first-order valence-electron chi connectivity index (χ1n) is 5.64. The van der Waals surface area contributed by atoms with Gasteiger partial charge in [-0.3, -0.25) is 4.79 Å². The van der Waals surface area contributed by atoms with Gasteiger partial charge in [0.1, 0.15) is 0 Å². The van der Waals surface area contributed by atoms with Crippen LogP contribution in [0.1, 0.15) is 19.3 Å². The van der Waals surface area contributed by atoms with Crippen molar-refractivity contribution >= 4 is 5.97 Å². The van der Waals surface area contributed by atoms with Gasteiger partial charge in [-0.1, -0.05) is 0 Å². The van der Waals surface area contributed by atoms with E-state index in [0.717, 1.165) is 25.9 Å². The number of aliphatic hydroxyl groups excluding tert-OH is 1. The summed E-state index contributed by atoms with van der Waals surface area (Å²) in [7, 11) is 2.08. The Morgan fingerprint density at radius 2 is 1.87 bits per heavy atom. The van der Waals surface area contributed by atoms with Gasteiger partial charge in [-0.15, -0.1) is 0 Å². The number of nitrogens with zero attached hydrogens (tertiary/aromatic N) is 1. The number of fused-ring (bicyclic) bond motifs is 2. The Labute approximate surface area is 89.9 Å². The second kappa shape index (κ2) is 4.10. The van der Waals surface area contributed by atoms with E-state index in [9.17, 15) is 9.90 Å². The van der Waals surface area contributed by atoms with E-state index in [2.05, 4.69) is 11.9 Å². The lowest BCUT2D eigenvalue weighted by Crippen LogP contribution is -2.50. The lowest BCUT2D eigenvalue weighted by atomic mass is 9.67. The SMILES string of the molecule is CN1CC2CC(O)CC(C1)C2CC(=O)O. The van der Waals surface area contributed by atoms with Crippen molar-refractivity contribution in [2.24, 2.45) is 17.8 Å². The van der Waals surface area contributed by atoms with Crippen molar-refractivity contribution in [1.82, 2.24) is 4.90 Å². The van der Waals surface area contributed by atoms with Crippen LogP contribution < -0.4 is 0 Å². The molecule has 1 saturated heterocycles. The lowest BCUT2D eigenvalue weighted by Gasteiger charge is -2.47. The van der Waals surface area contributed by atoms with Gasteiger partial charge in [0.25, 0.3) is 0 Å². The Bertz CT molecular complexity index is 226. The fourth-order valence-electron chi connectivity index (χ4n) is 3.36. The maximum Gasteiger partial charge on any atom is 0.303 e. The number of hydrogen-bond donors (Lipinski definition) is 2. The number of aliphatic hydroxyl groups is 1. The fraction of sp³-hybridized carbons (Fsp3) is 0.909. The van der Waals surface area contributed by atoms with Crippen LogP contribution in [0.5, 0.6) is 0 Å². The summed E-state index contributed by atoms with van der Waals surface area (Å²) in [4.78, 5) is 13.0. The van der Waals surface area contributed by atoms with Gasteiger partial charge < -0.3 is 15.1 Å². The predicted molar refractivity (Wildman–Crippen MR) is 55.5 cm³/mol. The summed E-state index contributed by atoms with van der Waals surface area (Å²) < 4.78 is 0. The first kappa shape index (κ1) is 10.9. The van der Waals surface area contributed by atoms with Crippen LogP contribution in [0.4, 0.5) is 0 Å². The average molecular weight is 213 g/mol. The first-order chi connectivity index (χ1) is 7.06. The number of rotatable bonds is 2. The fourth-order valence-corrected chi connectivity index (χ4v) is 3.36. The highest BCUT2D eigenvalue weighted by molar-refractivity contribution is 5.67. The van der Waals surface area contributed by atoms with Gasteiger partial charge in [0.2, 0.25) is 0 Å². The zero-order valence-corrected chi connectivity index (χ0v) is 9.09. The molecule has 2 bridgehead atoms. The molecule has 0 radical (unpaired) electrons. The van der Waals surface area contributed by atoms with E-state index in [0.29, 0.717) is 11.8 Å². The third-order valence-electron chi connectivity index (χ3n) is 3.86. The average Bonchev–Trinajstić information content (AvgIpc) is 2.06. The molecule has 0 amide bonds. The number of carbonyl (C=O) groups is 1. The Balaban J connectivity index is 2.08. The molecule has 2 N–H and O–H groups in total. The molecule has 2 rings (SSSR count). The minimum absolute atomic E-state index is 0.209. The van der Waals surface area contributed by atoms with Crippen LogP contribution in [-0.4, -0.2) is 47.3 Å². The van der Waals surface area contributed by atoms with E-state index in [1.54, 1.807) is 0 Å². The van der Waals surface area contributed by atoms with Crippen LogP contribution in [-0.2, 0) is 4.79 Å². The molecular formula is C11H19NO3. The molecule has 0 aromatic heterocycles. The quantitative estimate of drug-likeness (QED) is 0.697. The van der Waals surface area contributed by atoms with Gasteiger partial charge in [-0.25, -0.2) is 0 Å². The van der Waals surface area contributed by atoms with E-state index in [-0.39, 0.29) is 18.4 Å². The number of carboxylic acids is 1. The summed E-state index contributed by atoms with van der Waals surface area (Å²) in [5.74, 6) is 0.320. The molecule has 2 atom stereocenters. The highest BCUT2D eigenvalue weighted by Crippen LogP contribution is 2.41. The molecular weight excluding hydrogens is 194 g/mol. The minimum Gasteiger partial charge on any atom is -0.481 e. The van der Waals surface area contributed by atoms with Crippen molar-refractivity contribution in [3.05, 3.63) is 0 Å². The zero-order valence-electron chi connectivity index (χ0n) is 9.09. The molecule has 1 aliphatic heterocycles. The second-order valence-corrected chi connectivity index (χ2v) is 5.13. The smallest absolute Gasteiger partial charge is 0.303 e.